The van der Waals surface area contributed by atoms with E-state index in [2.05, 4.69) is 10.3 Å². The lowest BCUT2D eigenvalue weighted by Gasteiger charge is -1.96. The molecule has 0 saturated heterocycles. The van der Waals surface area contributed by atoms with Crippen molar-refractivity contribution in [3.8, 4) is 0 Å². The highest BCUT2D eigenvalue weighted by molar-refractivity contribution is 5.50. The lowest BCUT2D eigenvalue weighted by Crippen LogP contribution is -2.03. The second kappa shape index (κ2) is 4.57. The number of aromatic nitrogens is 1. The maximum absolute atomic E-state index is 12.9. The first-order valence-electron chi connectivity index (χ1n) is 3.96. The molecule has 3 nitrogen and oxygen atoms in total. The molecule has 0 aliphatic carbocycles. The fourth-order valence-electron chi connectivity index (χ4n) is 0.867. The summed E-state index contributed by atoms with van der Waals surface area (Å²) in [6, 6.07) is 1.36. The van der Waals surface area contributed by atoms with Crippen LogP contribution < -0.4 is 11.1 Å². The van der Waals surface area contributed by atoms with Gasteiger partial charge in [0.2, 0.25) is 0 Å². The average molecular weight is 181 g/mol. The number of halogens is 1. The van der Waals surface area contributed by atoms with E-state index in [1.807, 2.05) is 13.1 Å². The summed E-state index contributed by atoms with van der Waals surface area (Å²) in [6.45, 7) is 0.742. The number of nitrogens with one attached hydrogen (secondary N) is 1. The van der Waals surface area contributed by atoms with Gasteiger partial charge in [0.15, 0.2) is 11.6 Å². The van der Waals surface area contributed by atoms with Gasteiger partial charge in [0, 0.05) is 12.7 Å². The Morgan fingerprint density at radius 3 is 3.08 bits per heavy atom. The minimum absolute atomic E-state index is 0.0641. The summed E-state index contributed by atoms with van der Waals surface area (Å²) >= 11 is 0. The molecule has 1 heterocycles. The third-order valence-electron chi connectivity index (χ3n) is 1.52. The highest BCUT2D eigenvalue weighted by Crippen LogP contribution is 2.09. The van der Waals surface area contributed by atoms with E-state index in [1.54, 1.807) is 6.08 Å². The fourth-order valence-corrected chi connectivity index (χ4v) is 0.867. The number of pyridine rings is 1. The number of likely N-dealkylation sites (N-methyl/N-ethyl adjacent to an activating group) is 1. The van der Waals surface area contributed by atoms with E-state index in [-0.39, 0.29) is 5.82 Å². The van der Waals surface area contributed by atoms with Gasteiger partial charge < -0.3 is 11.1 Å². The van der Waals surface area contributed by atoms with E-state index in [1.165, 1.54) is 12.3 Å². The number of nitrogens with two attached hydrogens (primary N) is 1. The molecule has 0 radical (unpaired) electrons. The summed E-state index contributed by atoms with van der Waals surface area (Å²) < 4.78 is 12.9. The number of anilines is 1. The first-order valence-corrected chi connectivity index (χ1v) is 3.96. The molecular weight excluding hydrogens is 169 g/mol. The molecule has 0 aromatic carbocycles. The zero-order chi connectivity index (χ0) is 9.68. The van der Waals surface area contributed by atoms with Crippen LogP contribution in [0.2, 0.25) is 0 Å². The summed E-state index contributed by atoms with van der Waals surface area (Å²) in [5.41, 5.74) is 5.93. The Morgan fingerprint density at radius 2 is 2.46 bits per heavy atom. The maximum atomic E-state index is 12.9. The van der Waals surface area contributed by atoms with Crippen LogP contribution in [-0.4, -0.2) is 18.6 Å². The van der Waals surface area contributed by atoms with Crippen molar-refractivity contribution >= 4 is 11.9 Å². The molecule has 4 heteroatoms. The molecule has 3 N–H and O–H groups in total. The summed E-state index contributed by atoms with van der Waals surface area (Å²) in [5, 5.41) is 2.94. The molecule has 0 aliphatic heterocycles. The second-order valence-corrected chi connectivity index (χ2v) is 2.60. The quantitative estimate of drug-likeness (QED) is 0.732. The Kier molecular flexibility index (Phi) is 3.40. The molecule has 1 aromatic rings. The Bertz CT molecular complexity index is 310. The molecule has 13 heavy (non-hydrogen) atoms. The van der Waals surface area contributed by atoms with Crippen molar-refractivity contribution in [3.05, 3.63) is 29.7 Å². The van der Waals surface area contributed by atoms with E-state index >= 15 is 0 Å². The van der Waals surface area contributed by atoms with Crippen LogP contribution in [0, 0.1) is 5.82 Å². The van der Waals surface area contributed by atoms with Crippen molar-refractivity contribution in [1.82, 2.24) is 10.3 Å². The van der Waals surface area contributed by atoms with Crippen LogP contribution >= 0.6 is 0 Å². The molecule has 0 amide bonds. The monoisotopic (exact) mass is 181 g/mol. The summed E-state index contributed by atoms with van der Waals surface area (Å²) in [5.74, 6) is -0.544. The molecule has 0 spiro atoms. The fraction of sp³-hybridized carbons (Fsp3) is 0.222. The van der Waals surface area contributed by atoms with E-state index in [4.69, 9.17) is 5.73 Å². The Labute approximate surface area is 76.5 Å². The lowest BCUT2D eigenvalue weighted by molar-refractivity contribution is 0.627. The van der Waals surface area contributed by atoms with Crippen molar-refractivity contribution < 1.29 is 4.39 Å². The van der Waals surface area contributed by atoms with Crippen LogP contribution in [-0.2, 0) is 0 Å². The number of nitrogens with zero attached hydrogens (tertiary/aromatic N) is 1. The molecule has 1 aromatic heterocycles. The second-order valence-electron chi connectivity index (χ2n) is 2.60. The van der Waals surface area contributed by atoms with Gasteiger partial charge in [-0.25, -0.2) is 9.37 Å². The standard InChI is InChI=1S/C9H12FN3/c1-12-4-2-3-7-5-8(10)9(11)13-6-7/h2-3,5-6,12H,4H2,1H3,(H2,11,13). The van der Waals surface area contributed by atoms with E-state index in [9.17, 15) is 4.39 Å². The van der Waals surface area contributed by atoms with Gasteiger partial charge in [-0.2, -0.15) is 0 Å². The summed E-state index contributed by atoms with van der Waals surface area (Å²) in [7, 11) is 1.84. The van der Waals surface area contributed by atoms with E-state index in [0.717, 1.165) is 6.54 Å². The first kappa shape index (κ1) is 9.67. The van der Waals surface area contributed by atoms with E-state index in [0.29, 0.717) is 5.56 Å². The maximum Gasteiger partial charge on any atom is 0.165 e. The zero-order valence-corrected chi connectivity index (χ0v) is 7.42. The van der Waals surface area contributed by atoms with Crippen molar-refractivity contribution in [2.75, 3.05) is 19.3 Å². The first-order chi connectivity index (χ1) is 6.24. The highest BCUT2D eigenvalue weighted by atomic mass is 19.1. The van der Waals surface area contributed by atoms with Crippen LogP contribution in [0.1, 0.15) is 5.56 Å². The van der Waals surface area contributed by atoms with Crippen molar-refractivity contribution in [2.24, 2.45) is 0 Å². The minimum atomic E-state index is -0.480. The Balaban J connectivity index is 2.73. The molecule has 0 unspecified atom stereocenters. The third-order valence-corrected chi connectivity index (χ3v) is 1.52. The van der Waals surface area contributed by atoms with Gasteiger partial charge in [0.05, 0.1) is 0 Å². The van der Waals surface area contributed by atoms with Crippen molar-refractivity contribution in [3.63, 3.8) is 0 Å². The van der Waals surface area contributed by atoms with Gasteiger partial charge in [0.1, 0.15) is 0 Å². The van der Waals surface area contributed by atoms with Gasteiger partial charge in [-0.3, -0.25) is 0 Å². The number of rotatable bonds is 3. The number of hydrogen-bond donors (Lipinski definition) is 2. The average Bonchev–Trinajstić information content (AvgIpc) is 2.12. The minimum Gasteiger partial charge on any atom is -0.381 e. The molecule has 70 valence electrons. The SMILES string of the molecule is CNCC=Cc1cnc(N)c(F)c1. The van der Waals surface area contributed by atoms with Crippen LogP contribution in [0.5, 0.6) is 0 Å². The van der Waals surface area contributed by atoms with Gasteiger partial charge in [-0.15, -0.1) is 0 Å². The third kappa shape index (κ3) is 2.83. The normalized spacial score (nSPS) is 10.9. The van der Waals surface area contributed by atoms with Crippen LogP contribution in [0.4, 0.5) is 10.2 Å². The molecule has 0 bridgehead atoms. The molecular formula is C9H12FN3. The molecule has 0 saturated carbocycles. The molecule has 0 aliphatic rings. The van der Waals surface area contributed by atoms with Crippen molar-refractivity contribution in [1.29, 1.82) is 0 Å². The molecule has 0 atom stereocenters. The zero-order valence-electron chi connectivity index (χ0n) is 7.42. The van der Waals surface area contributed by atoms with Crippen LogP contribution in [0.15, 0.2) is 18.3 Å². The topological polar surface area (TPSA) is 50.9 Å². The summed E-state index contributed by atoms with van der Waals surface area (Å²) in [6.07, 6.45) is 5.20. The van der Waals surface area contributed by atoms with Gasteiger partial charge in [-0.05, 0) is 18.7 Å². The van der Waals surface area contributed by atoms with Crippen molar-refractivity contribution in [2.45, 2.75) is 0 Å². The highest BCUT2D eigenvalue weighted by Gasteiger charge is 1.97. The largest absolute Gasteiger partial charge is 0.381 e. The molecule has 1 rings (SSSR count). The van der Waals surface area contributed by atoms with Crippen LogP contribution in [0.3, 0.4) is 0 Å². The Morgan fingerprint density at radius 1 is 1.69 bits per heavy atom. The van der Waals surface area contributed by atoms with Gasteiger partial charge >= 0.3 is 0 Å². The Hall–Kier alpha value is -1.42. The van der Waals surface area contributed by atoms with Gasteiger partial charge in [0.25, 0.3) is 0 Å². The smallest absolute Gasteiger partial charge is 0.165 e. The van der Waals surface area contributed by atoms with E-state index < -0.39 is 5.82 Å². The predicted molar refractivity (Wildman–Crippen MR) is 51.6 cm³/mol. The van der Waals surface area contributed by atoms with Gasteiger partial charge in [-0.1, -0.05) is 12.2 Å². The lowest BCUT2D eigenvalue weighted by atomic mass is 10.2. The summed E-state index contributed by atoms with van der Waals surface area (Å²) in [4.78, 5) is 3.69. The van der Waals surface area contributed by atoms with Crippen LogP contribution in [0.25, 0.3) is 6.08 Å². The number of nitrogen functional groups attached to an aromatic ring is 1. The number of hydrogen-bond acceptors (Lipinski definition) is 3. The predicted octanol–water partition coefficient (Wildman–Crippen LogP) is 1.04. The molecule has 0 fully saturated rings.